The van der Waals surface area contributed by atoms with Crippen molar-refractivity contribution in [2.24, 2.45) is 10.7 Å². The number of halogens is 1. The number of nitrogens with two attached hydrogens (primary N) is 1. The fourth-order valence-corrected chi connectivity index (χ4v) is 2.03. The van der Waals surface area contributed by atoms with Crippen LogP contribution in [0, 0.1) is 10.1 Å². The fraction of sp³-hybridized carbons (Fsp3) is 0.188. The number of hydrogen-bond acceptors (Lipinski definition) is 3. The lowest BCUT2D eigenvalue weighted by atomic mass is 10.1. The molecule has 0 aliphatic heterocycles. The molecule has 0 heterocycles. The van der Waals surface area contributed by atoms with Gasteiger partial charge in [-0.3, -0.25) is 10.1 Å². The molecule has 0 saturated carbocycles. The van der Waals surface area contributed by atoms with Crippen LogP contribution in [0.15, 0.2) is 59.6 Å². The zero-order valence-electron chi connectivity index (χ0n) is 12.5. The molecule has 2 rings (SSSR count). The molecule has 0 aromatic heterocycles. The Bertz CT molecular complexity index is 662. The molecule has 0 unspecified atom stereocenters. The molecular weight excluding hydrogens is 407 g/mol. The third kappa shape index (κ3) is 6.23. The van der Waals surface area contributed by atoms with Crippen LogP contribution in [-0.4, -0.2) is 17.4 Å². The molecule has 0 bridgehead atoms. The average molecular weight is 426 g/mol. The highest BCUT2D eigenvalue weighted by atomic mass is 127. The van der Waals surface area contributed by atoms with E-state index in [9.17, 15) is 10.1 Å². The fourth-order valence-electron chi connectivity index (χ4n) is 2.03. The molecule has 0 radical (unpaired) electrons. The number of hydrogen-bond donors (Lipinski definition) is 2. The number of nitro benzene ring substituents is 1. The highest BCUT2D eigenvalue weighted by Crippen LogP contribution is 2.18. The molecule has 0 aliphatic carbocycles. The molecule has 2 aromatic carbocycles. The highest BCUT2D eigenvalue weighted by Gasteiger charge is 2.11. The van der Waals surface area contributed by atoms with Crippen LogP contribution in [0.3, 0.4) is 0 Å². The Morgan fingerprint density at radius 1 is 1.13 bits per heavy atom. The summed E-state index contributed by atoms with van der Waals surface area (Å²) in [4.78, 5) is 14.6. The Morgan fingerprint density at radius 2 is 1.78 bits per heavy atom. The van der Waals surface area contributed by atoms with Gasteiger partial charge in [0, 0.05) is 12.6 Å². The first-order valence-corrected chi connectivity index (χ1v) is 6.97. The lowest BCUT2D eigenvalue weighted by molar-refractivity contribution is -0.385. The number of nitro groups is 1. The van der Waals surface area contributed by atoms with Crippen LogP contribution in [0.25, 0.3) is 0 Å². The number of rotatable bonds is 6. The highest BCUT2D eigenvalue weighted by molar-refractivity contribution is 14.0. The zero-order chi connectivity index (χ0) is 15.8. The second kappa shape index (κ2) is 9.78. The van der Waals surface area contributed by atoms with E-state index in [2.05, 4.69) is 10.3 Å². The maximum Gasteiger partial charge on any atom is 0.274 e. The minimum absolute atomic E-state index is 0. The van der Waals surface area contributed by atoms with E-state index in [4.69, 9.17) is 5.73 Å². The largest absolute Gasteiger partial charge is 0.370 e. The monoisotopic (exact) mass is 426 g/mol. The van der Waals surface area contributed by atoms with Crippen molar-refractivity contribution in [3.05, 3.63) is 75.8 Å². The molecule has 0 spiro atoms. The van der Waals surface area contributed by atoms with E-state index in [1.54, 1.807) is 18.2 Å². The molecule has 0 aliphatic rings. The van der Waals surface area contributed by atoms with Gasteiger partial charge in [0.15, 0.2) is 5.96 Å². The maximum absolute atomic E-state index is 10.9. The Morgan fingerprint density at radius 3 is 2.48 bits per heavy atom. The van der Waals surface area contributed by atoms with Crippen molar-refractivity contribution in [1.29, 1.82) is 0 Å². The molecular formula is C16H19IN4O2. The van der Waals surface area contributed by atoms with E-state index in [-0.39, 0.29) is 42.2 Å². The summed E-state index contributed by atoms with van der Waals surface area (Å²) in [7, 11) is 0. The van der Waals surface area contributed by atoms with Crippen LogP contribution < -0.4 is 11.1 Å². The smallest absolute Gasteiger partial charge is 0.274 e. The summed E-state index contributed by atoms with van der Waals surface area (Å²) in [6.07, 6.45) is 0.836. The number of guanidine groups is 1. The standard InChI is InChI=1S/C16H18N4O2.HI/c17-16(18-11-10-13-6-2-1-3-7-13)19-12-14-8-4-5-9-15(14)20(21)22;/h1-9H,10-12H2,(H3,17,18,19);1H. The first-order valence-electron chi connectivity index (χ1n) is 6.97. The molecule has 0 saturated heterocycles. The first-order chi connectivity index (χ1) is 10.7. The van der Waals surface area contributed by atoms with Crippen LogP contribution >= 0.6 is 24.0 Å². The molecule has 122 valence electrons. The Balaban J connectivity index is 0.00000264. The predicted octanol–water partition coefficient (Wildman–Crippen LogP) is 2.86. The third-order valence-corrected chi connectivity index (χ3v) is 3.17. The van der Waals surface area contributed by atoms with E-state index in [1.807, 2.05) is 30.3 Å². The minimum Gasteiger partial charge on any atom is -0.370 e. The lowest BCUT2D eigenvalue weighted by Crippen LogP contribution is -2.33. The predicted molar refractivity (Wildman–Crippen MR) is 102 cm³/mol. The summed E-state index contributed by atoms with van der Waals surface area (Å²) in [5, 5.41) is 13.9. The first kappa shape index (κ1) is 18.9. The number of aliphatic imine (C=N–C) groups is 1. The van der Waals surface area contributed by atoms with Crippen LogP contribution in [-0.2, 0) is 13.0 Å². The van der Waals surface area contributed by atoms with Crippen molar-refractivity contribution in [2.45, 2.75) is 13.0 Å². The summed E-state index contributed by atoms with van der Waals surface area (Å²) < 4.78 is 0. The third-order valence-electron chi connectivity index (χ3n) is 3.17. The quantitative estimate of drug-likeness (QED) is 0.244. The summed E-state index contributed by atoms with van der Waals surface area (Å²) in [6.45, 7) is 0.845. The SMILES string of the molecule is I.NC(=NCc1ccccc1[N+](=O)[O-])NCCc1ccccc1. The van der Waals surface area contributed by atoms with E-state index < -0.39 is 4.92 Å². The minimum atomic E-state index is -0.413. The van der Waals surface area contributed by atoms with Crippen LogP contribution in [0.2, 0.25) is 0 Å². The number of nitrogens with zero attached hydrogens (tertiary/aromatic N) is 2. The lowest BCUT2D eigenvalue weighted by Gasteiger charge is -2.06. The topological polar surface area (TPSA) is 93.5 Å². The maximum atomic E-state index is 10.9. The Hall–Kier alpha value is -2.16. The Kier molecular flexibility index (Phi) is 8.03. The van der Waals surface area contributed by atoms with Gasteiger partial charge in [0.1, 0.15) is 0 Å². The summed E-state index contributed by atoms with van der Waals surface area (Å²) >= 11 is 0. The van der Waals surface area contributed by atoms with Gasteiger partial charge in [-0.1, -0.05) is 48.5 Å². The van der Waals surface area contributed by atoms with Crippen molar-refractivity contribution in [2.75, 3.05) is 6.54 Å². The normalized spacial score (nSPS) is 10.7. The molecule has 2 aromatic rings. The molecule has 0 amide bonds. The van der Waals surface area contributed by atoms with Gasteiger partial charge in [0.2, 0.25) is 0 Å². The van der Waals surface area contributed by atoms with Crippen molar-refractivity contribution in [1.82, 2.24) is 5.32 Å². The number of benzene rings is 2. The van der Waals surface area contributed by atoms with Crippen molar-refractivity contribution in [3.8, 4) is 0 Å². The molecule has 23 heavy (non-hydrogen) atoms. The van der Waals surface area contributed by atoms with Crippen LogP contribution in [0.1, 0.15) is 11.1 Å². The number of nitrogens with one attached hydrogen (secondary N) is 1. The van der Waals surface area contributed by atoms with Crippen molar-refractivity contribution >= 4 is 35.6 Å². The van der Waals surface area contributed by atoms with Gasteiger partial charge in [-0.2, -0.15) is 0 Å². The molecule has 7 heteroatoms. The zero-order valence-corrected chi connectivity index (χ0v) is 14.8. The van der Waals surface area contributed by atoms with Gasteiger partial charge in [0.25, 0.3) is 5.69 Å². The molecule has 6 nitrogen and oxygen atoms in total. The van der Waals surface area contributed by atoms with Crippen molar-refractivity contribution in [3.63, 3.8) is 0 Å². The molecule has 3 N–H and O–H groups in total. The van der Waals surface area contributed by atoms with Gasteiger partial charge in [-0.15, -0.1) is 24.0 Å². The summed E-state index contributed by atoms with van der Waals surface area (Å²) in [6, 6.07) is 16.6. The van der Waals surface area contributed by atoms with Crippen LogP contribution in [0.5, 0.6) is 0 Å². The summed E-state index contributed by atoms with van der Waals surface area (Å²) in [5.41, 5.74) is 7.59. The van der Waals surface area contributed by atoms with E-state index in [0.717, 1.165) is 6.42 Å². The number of para-hydroxylation sites is 1. The van der Waals surface area contributed by atoms with E-state index in [1.165, 1.54) is 11.6 Å². The van der Waals surface area contributed by atoms with E-state index >= 15 is 0 Å². The van der Waals surface area contributed by atoms with Gasteiger partial charge < -0.3 is 11.1 Å². The van der Waals surface area contributed by atoms with Gasteiger partial charge >= 0.3 is 0 Å². The Labute approximate surface area is 152 Å². The average Bonchev–Trinajstić information content (AvgIpc) is 2.54. The molecule has 0 atom stereocenters. The van der Waals surface area contributed by atoms with Crippen LogP contribution in [0.4, 0.5) is 5.69 Å². The summed E-state index contributed by atoms with van der Waals surface area (Å²) in [5.74, 6) is 0.286. The van der Waals surface area contributed by atoms with Crippen molar-refractivity contribution < 1.29 is 4.92 Å². The van der Waals surface area contributed by atoms with Gasteiger partial charge in [-0.05, 0) is 12.0 Å². The second-order valence-corrected chi connectivity index (χ2v) is 4.75. The molecule has 0 fully saturated rings. The van der Waals surface area contributed by atoms with Gasteiger partial charge in [0.05, 0.1) is 17.0 Å². The van der Waals surface area contributed by atoms with Gasteiger partial charge in [-0.25, -0.2) is 4.99 Å². The second-order valence-electron chi connectivity index (χ2n) is 4.75. The van der Waals surface area contributed by atoms with E-state index in [0.29, 0.717) is 12.1 Å².